The minimum atomic E-state index is -0.432. The molecule has 0 saturated carbocycles. The number of carbonyl (C=O) groups is 1. The van der Waals surface area contributed by atoms with Crippen LogP contribution in [0, 0.1) is 10.1 Å². The maximum absolute atomic E-state index is 14.0. The number of non-ortho nitro benzene ring substituents is 1. The zero-order valence-electron chi connectivity index (χ0n) is 18.6. The van der Waals surface area contributed by atoms with E-state index in [-0.39, 0.29) is 11.6 Å². The van der Waals surface area contributed by atoms with Crippen molar-refractivity contribution in [2.75, 3.05) is 0 Å². The number of rotatable bonds is 8. The zero-order valence-corrected chi connectivity index (χ0v) is 18.6. The molecule has 0 bridgehead atoms. The lowest BCUT2D eigenvalue weighted by Crippen LogP contribution is -2.30. The van der Waals surface area contributed by atoms with E-state index in [4.69, 9.17) is 0 Å². The van der Waals surface area contributed by atoms with E-state index in [1.54, 1.807) is 23.1 Å². The van der Waals surface area contributed by atoms with Crippen LogP contribution in [0.3, 0.4) is 0 Å². The molecule has 4 rings (SSSR count). The summed E-state index contributed by atoms with van der Waals surface area (Å²) in [6.07, 6.45) is 1.73. The molecule has 5 heteroatoms. The van der Waals surface area contributed by atoms with Gasteiger partial charge in [0.15, 0.2) is 0 Å². The highest BCUT2D eigenvalue weighted by Crippen LogP contribution is 2.25. The maximum atomic E-state index is 14.0. The van der Waals surface area contributed by atoms with Crippen LogP contribution in [-0.4, -0.2) is 15.7 Å². The maximum Gasteiger partial charge on any atom is 0.270 e. The monoisotopic (exact) mass is 448 g/mol. The van der Waals surface area contributed by atoms with E-state index in [0.717, 1.165) is 16.7 Å². The van der Waals surface area contributed by atoms with Crippen LogP contribution in [0.25, 0.3) is 11.6 Å². The molecular weight excluding hydrogens is 424 g/mol. The molecule has 0 spiro atoms. The molecule has 0 heterocycles. The smallest absolute Gasteiger partial charge is 0.270 e. The first-order valence-corrected chi connectivity index (χ1v) is 11.0. The first-order valence-electron chi connectivity index (χ1n) is 11.0. The summed E-state index contributed by atoms with van der Waals surface area (Å²) in [5, 5.41) is 11.3. The Morgan fingerprint density at radius 2 is 1.26 bits per heavy atom. The van der Waals surface area contributed by atoms with Gasteiger partial charge in [0.1, 0.15) is 0 Å². The Bertz CT molecular complexity index is 1250. The van der Waals surface area contributed by atoms with Crippen LogP contribution in [0.1, 0.15) is 22.3 Å². The van der Waals surface area contributed by atoms with Crippen molar-refractivity contribution < 1.29 is 9.72 Å². The molecule has 0 aliphatic rings. The van der Waals surface area contributed by atoms with Crippen LogP contribution in [-0.2, 0) is 17.9 Å². The third-order valence-electron chi connectivity index (χ3n) is 5.43. The van der Waals surface area contributed by atoms with Gasteiger partial charge in [-0.1, -0.05) is 103 Å². The molecule has 0 N–H and O–H groups in total. The average molecular weight is 449 g/mol. The molecule has 34 heavy (non-hydrogen) atoms. The van der Waals surface area contributed by atoms with Gasteiger partial charge in [-0.25, -0.2) is 0 Å². The number of nitro groups is 1. The van der Waals surface area contributed by atoms with Crippen LogP contribution in [0.4, 0.5) is 5.69 Å². The molecule has 168 valence electrons. The standard InChI is InChI=1S/C29H24N2O3/c32-29(30(21-23-11-4-1-5-12-23)22-24-13-6-2-7-14-24)28(26-16-8-3-9-17-26)20-25-15-10-18-27(19-25)31(33)34/h1-20H,21-22H2. The van der Waals surface area contributed by atoms with E-state index in [0.29, 0.717) is 24.2 Å². The molecule has 4 aromatic carbocycles. The molecule has 0 aliphatic heterocycles. The van der Waals surface area contributed by atoms with E-state index in [1.165, 1.54) is 12.1 Å². The predicted octanol–water partition coefficient (Wildman–Crippen LogP) is 6.36. The Balaban J connectivity index is 1.76. The van der Waals surface area contributed by atoms with Gasteiger partial charge >= 0.3 is 0 Å². The van der Waals surface area contributed by atoms with Crippen LogP contribution in [0.2, 0.25) is 0 Å². The van der Waals surface area contributed by atoms with Crippen molar-refractivity contribution in [1.82, 2.24) is 4.90 Å². The number of benzene rings is 4. The summed E-state index contributed by atoms with van der Waals surface area (Å²) in [6.45, 7) is 0.876. The largest absolute Gasteiger partial charge is 0.330 e. The second-order valence-corrected chi connectivity index (χ2v) is 7.91. The summed E-state index contributed by atoms with van der Waals surface area (Å²) in [5.41, 5.74) is 3.86. The van der Waals surface area contributed by atoms with Crippen molar-refractivity contribution in [3.63, 3.8) is 0 Å². The van der Waals surface area contributed by atoms with Crippen molar-refractivity contribution in [2.45, 2.75) is 13.1 Å². The molecule has 0 atom stereocenters. The Hall–Kier alpha value is -4.51. The zero-order chi connectivity index (χ0) is 23.8. The fourth-order valence-electron chi connectivity index (χ4n) is 3.76. The predicted molar refractivity (Wildman–Crippen MR) is 135 cm³/mol. The van der Waals surface area contributed by atoms with Crippen LogP contribution in [0.5, 0.6) is 0 Å². The number of hydrogen-bond acceptors (Lipinski definition) is 3. The van der Waals surface area contributed by atoms with Crippen molar-refractivity contribution in [2.24, 2.45) is 0 Å². The van der Waals surface area contributed by atoms with E-state index in [1.807, 2.05) is 91.0 Å². The Morgan fingerprint density at radius 1 is 0.735 bits per heavy atom. The normalized spacial score (nSPS) is 11.1. The number of carbonyl (C=O) groups excluding carboxylic acids is 1. The van der Waals surface area contributed by atoms with Gasteiger partial charge in [-0.15, -0.1) is 0 Å². The summed E-state index contributed by atoms with van der Waals surface area (Å²) in [6, 6.07) is 35.4. The highest BCUT2D eigenvalue weighted by atomic mass is 16.6. The van der Waals surface area contributed by atoms with E-state index in [2.05, 4.69) is 0 Å². The molecule has 1 amide bonds. The molecule has 0 saturated heterocycles. The third-order valence-corrected chi connectivity index (χ3v) is 5.43. The first kappa shape index (κ1) is 22.7. The Kier molecular flexibility index (Phi) is 7.25. The van der Waals surface area contributed by atoms with E-state index < -0.39 is 4.92 Å². The molecular formula is C29H24N2O3. The SMILES string of the molecule is O=C(C(=Cc1cccc([N+](=O)[O-])c1)c1ccccc1)N(Cc1ccccc1)Cc1ccccc1. The van der Waals surface area contributed by atoms with Gasteiger partial charge < -0.3 is 4.90 Å². The molecule has 0 fully saturated rings. The lowest BCUT2D eigenvalue weighted by atomic mass is 10.0. The molecule has 0 unspecified atom stereocenters. The van der Waals surface area contributed by atoms with Gasteiger partial charge in [-0.05, 0) is 28.3 Å². The number of amides is 1. The minimum absolute atomic E-state index is 0.0148. The first-order chi connectivity index (χ1) is 16.6. The summed E-state index contributed by atoms with van der Waals surface area (Å²) >= 11 is 0. The van der Waals surface area contributed by atoms with Crippen molar-refractivity contribution in [3.8, 4) is 0 Å². The van der Waals surface area contributed by atoms with E-state index >= 15 is 0 Å². The highest BCUT2D eigenvalue weighted by molar-refractivity contribution is 6.24. The quantitative estimate of drug-likeness (QED) is 0.136. The molecule has 4 aromatic rings. The second-order valence-electron chi connectivity index (χ2n) is 7.91. The second kappa shape index (κ2) is 10.9. The number of hydrogen-bond donors (Lipinski definition) is 0. The Labute approximate surface area is 198 Å². The van der Waals surface area contributed by atoms with Crippen molar-refractivity contribution >= 4 is 23.2 Å². The highest BCUT2D eigenvalue weighted by Gasteiger charge is 2.21. The average Bonchev–Trinajstić information content (AvgIpc) is 2.88. The summed E-state index contributed by atoms with van der Waals surface area (Å²) in [4.78, 5) is 26.6. The third kappa shape index (κ3) is 5.84. The minimum Gasteiger partial charge on any atom is -0.330 e. The van der Waals surface area contributed by atoms with Gasteiger partial charge in [0.05, 0.1) is 4.92 Å². The number of nitrogens with zero attached hydrogens (tertiary/aromatic N) is 2. The van der Waals surface area contributed by atoms with Gasteiger partial charge in [0.25, 0.3) is 11.6 Å². The van der Waals surface area contributed by atoms with Gasteiger partial charge in [0.2, 0.25) is 0 Å². The van der Waals surface area contributed by atoms with Crippen LogP contribution >= 0.6 is 0 Å². The molecule has 5 nitrogen and oxygen atoms in total. The summed E-state index contributed by atoms with van der Waals surface area (Å²) < 4.78 is 0. The lowest BCUT2D eigenvalue weighted by Gasteiger charge is -2.25. The number of nitro benzene ring substituents is 1. The molecule has 0 aromatic heterocycles. The van der Waals surface area contributed by atoms with Gasteiger partial charge in [-0.2, -0.15) is 0 Å². The van der Waals surface area contributed by atoms with Gasteiger partial charge in [-0.3, -0.25) is 14.9 Å². The van der Waals surface area contributed by atoms with Crippen LogP contribution in [0.15, 0.2) is 115 Å². The molecule has 0 radical (unpaired) electrons. The topological polar surface area (TPSA) is 63.4 Å². The summed E-state index contributed by atoms with van der Waals surface area (Å²) in [5.74, 6) is -0.148. The fourth-order valence-corrected chi connectivity index (χ4v) is 3.76. The summed E-state index contributed by atoms with van der Waals surface area (Å²) in [7, 11) is 0. The fraction of sp³-hybridized carbons (Fsp3) is 0.0690. The van der Waals surface area contributed by atoms with Gasteiger partial charge in [0, 0.05) is 30.8 Å². The van der Waals surface area contributed by atoms with E-state index in [9.17, 15) is 14.9 Å². The Morgan fingerprint density at radius 3 is 1.79 bits per heavy atom. The molecule has 0 aliphatic carbocycles. The van der Waals surface area contributed by atoms with Crippen molar-refractivity contribution in [3.05, 3.63) is 148 Å². The lowest BCUT2D eigenvalue weighted by molar-refractivity contribution is -0.384. The van der Waals surface area contributed by atoms with Crippen molar-refractivity contribution in [1.29, 1.82) is 0 Å². The van der Waals surface area contributed by atoms with Crippen LogP contribution < -0.4 is 0 Å².